The van der Waals surface area contributed by atoms with E-state index in [0.29, 0.717) is 0 Å². The van der Waals surface area contributed by atoms with E-state index < -0.39 is 33.0 Å². The van der Waals surface area contributed by atoms with Crippen molar-refractivity contribution in [2.75, 3.05) is 6.26 Å². The number of benzene rings is 1. The molecule has 1 rings (SSSR count). The Morgan fingerprint density at radius 3 is 2.29 bits per heavy atom. The molecule has 0 saturated heterocycles. The van der Waals surface area contributed by atoms with E-state index in [-0.39, 0.29) is 5.56 Å². The first-order valence-corrected chi connectivity index (χ1v) is 5.55. The Labute approximate surface area is 79.9 Å². The summed E-state index contributed by atoms with van der Waals surface area (Å²) in [5.41, 5.74) is -0.269. The summed E-state index contributed by atoms with van der Waals surface area (Å²) < 4.78 is 47.9. The Balaban J connectivity index is 3.47. The minimum absolute atomic E-state index is 0.269. The standard InChI is InChI=1S/C8H8F2O3S/c1-14(12,13)6-3-2-5(4-11)7(9)8(6)10/h2-3,11H,4H2,1H3. The highest BCUT2D eigenvalue weighted by molar-refractivity contribution is 7.90. The van der Waals surface area contributed by atoms with Crippen LogP contribution in [-0.2, 0) is 16.4 Å². The highest BCUT2D eigenvalue weighted by Gasteiger charge is 2.19. The summed E-state index contributed by atoms with van der Waals surface area (Å²) >= 11 is 0. The third kappa shape index (κ3) is 1.91. The number of aliphatic hydroxyl groups is 1. The van der Waals surface area contributed by atoms with Crippen LogP contribution in [0.5, 0.6) is 0 Å². The third-order valence-corrected chi connectivity index (χ3v) is 2.81. The Kier molecular flexibility index (Phi) is 2.86. The van der Waals surface area contributed by atoms with Crippen molar-refractivity contribution in [2.45, 2.75) is 11.5 Å². The maximum atomic E-state index is 13.1. The van der Waals surface area contributed by atoms with Gasteiger partial charge in [0, 0.05) is 11.8 Å². The molecule has 0 radical (unpaired) electrons. The van der Waals surface area contributed by atoms with Crippen LogP contribution in [0.1, 0.15) is 5.56 Å². The van der Waals surface area contributed by atoms with Crippen LogP contribution in [0.4, 0.5) is 8.78 Å². The Hall–Kier alpha value is -1.01. The first-order chi connectivity index (χ1) is 6.38. The Morgan fingerprint density at radius 2 is 1.86 bits per heavy atom. The molecule has 1 aromatic carbocycles. The van der Waals surface area contributed by atoms with Crippen LogP contribution in [-0.4, -0.2) is 19.8 Å². The van der Waals surface area contributed by atoms with Gasteiger partial charge in [-0.25, -0.2) is 17.2 Å². The summed E-state index contributed by atoms with van der Waals surface area (Å²) in [6.45, 7) is -0.674. The number of hydrogen-bond acceptors (Lipinski definition) is 3. The van der Waals surface area contributed by atoms with Gasteiger partial charge in [0.1, 0.15) is 4.90 Å². The van der Waals surface area contributed by atoms with Crippen LogP contribution < -0.4 is 0 Å². The monoisotopic (exact) mass is 222 g/mol. The summed E-state index contributed by atoms with van der Waals surface area (Å²) in [5, 5.41) is 8.58. The molecule has 0 heterocycles. The maximum absolute atomic E-state index is 13.1. The molecular formula is C8H8F2O3S. The summed E-state index contributed by atoms with van der Waals surface area (Å²) in [5.74, 6) is -2.77. The van der Waals surface area contributed by atoms with Gasteiger partial charge in [0.05, 0.1) is 6.61 Å². The fourth-order valence-corrected chi connectivity index (χ4v) is 1.71. The van der Waals surface area contributed by atoms with Crippen molar-refractivity contribution in [2.24, 2.45) is 0 Å². The SMILES string of the molecule is CS(=O)(=O)c1ccc(CO)c(F)c1F. The molecule has 3 nitrogen and oxygen atoms in total. The first kappa shape index (κ1) is 11.1. The molecule has 1 N–H and O–H groups in total. The average molecular weight is 222 g/mol. The van der Waals surface area contributed by atoms with Crippen LogP contribution in [0.2, 0.25) is 0 Å². The molecular weight excluding hydrogens is 214 g/mol. The van der Waals surface area contributed by atoms with E-state index in [1.807, 2.05) is 0 Å². The quantitative estimate of drug-likeness (QED) is 0.807. The van der Waals surface area contributed by atoms with Crippen LogP contribution in [0.3, 0.4) is 0 Å². The van der Waals surface area contributed by atoms with Gasteiger partial charge in [-0.2, -0.15) is 0 Å². The molecule has 0 aromatic heterocycles. The van der Waals surface area contributed by atoms with Crippen LogP contribution in [0.15, 0.2) is 17.0 Å². The van der Waals surface area contributed by atoms with Crippen LogP contribution >= 0.6 is 0 Å². The summed E-state index contributed by atoms with van der Waals surface area (Å²) in [7, 11) is -3.78. The predicted octanol–water partition coefficient (Wildman–Crippen LogP) is 0.861. The zero-order valence-corrected chi connectivity index (χ0v) is 8.11. The second kappa shape index (κ2) is 3.62. The van der Waals surface area contributed by atoms with Gasteiger partial charge in [-0.1, -0.05) is 6.07 Å². The number of hydrogen-bond donors (Lipinski definition) is 1. The van der Waals surface area contributed by atoms with Crippen LogP contribution in [0.25, 0.3) is 0 Å². The molecule has 0 saturated carbocycles. The molecule has 78 valence electrons. The lowest BCUT2D eigenvalue weighted by Gasteiger charge is -2.04. The Morgan fingerprint density at radius 1 is 1.29 bits per heavy atom. The second-order valence-electron chi connectivity index (χ2n) is 2.78. The van der Waals surface area contributed by atoms with E-state index >= 15 is 0 Å². The van der Waals surface area contributed by atoms with Crippen LogP contribution in [0, 0.1) is 11.6 Å². The number of halogens is 2. The van der Waals surface area contributed by atoms with Gasteiger partial charge in [0.25, 0.3) is 0 Å². The summed E-state index contributed by atoms with van der Waals surface area (Å²) in [4.78, 5) is -0.702. The molecule has 0 spiro atoms. The normalized spacial score (nSPS) is 11.7. The van der Waals surface area contributed by atoms with Gasteiger partial charge in [-0.3, -0.25) is 0 Å². The number of sulfone groups is 1. The van der Waals surface area contributed by atoms with Crippen molar-refractivity contribution in [3.63, 3.8) is 0 Å². The molecule has 0 unspecified atom stereocenters. The third-order valence-electron chi connectivity index (χ3n) is 1.70. The van der Waals surface area contributed by atoms with E-state index in [1.165, 1.54) is 0 Å². The van der Waals surface area contributed by atoms with E-state index in [0.717, 1.165) is 18.4 Å². The molecule has 0 fully saturated rings. The fourth-order valence-electron chi connectivity index (χ4n) is 0.980. The van der Waals surface area contributed by atoms with E-state index in [9.17, 15) is 17.2 Å². The highest BCUT2D eigenvalue weighted by Crippen LogP contribution is 2.20. The van der Waals surface area contributed by atoms with Gasteiger partial charge < -0.3 is 5.11 Å². The minimum Gasteiger partial charge on any atom is -0.392 e. The molecule has 0 aliphatic heterocycles. The van der Waals surface area contributed by atoms with Crippen molar-refractivity contribution in [3.05, 3.63) is 29.3 Å². The fraction of sp³-hybridized carbons (Fsp3) is 0.250. The van der Waals surface area contributed by atoms with Gasteiger partial charge in [-0.15, -0.1) is 0 Å². The highest BCUT2D eigenvalue weighted by atomic mass is 32.2. The molecule has 14 heavy (non-hydrogen) atoms. The van der Waals surface area contributed by atoms with Crippen molar-refractivity contribution >= 4 is 9.84 Å². The molecule has 1 aromatic rings. The zero-order chi connectivity index (χ0) is 10.9. The van der Waals surface area contributed by atoms with E-state index in [1.54, 1.807) is 0 Å². The Bertz CT molecular complexity index is 454. The first-order valence-electron chi connectivity index (χ1n) is 3.65. The summed E-state index contributed by atoms with van der Waals surface area (Å²) in [6.07, 6.45) is 0.781. The van der Waals surface area contributed by atoms with Crippen molar-refractivity contribution in [3.8, 4) is 0 Å². The topological polar surface area (TPSA) is 54.4 Å². The smallest absolute Gasteiger partial charge is 0.178 e. The van der Waals surface area contributed by atoms with E-state index in [4.69, 9.17) is 5.11 Å². The number of rotatable bonds is 2. The minimum atomic E-state index is -3.78. The van der Waals surface area contributed by atoms with Crippen molar-refractivity contribution < 1.29 is 22.3 Å². The largest absolute Gasteiger partial charge is 0.392 e. The molecule has 0 aliphatic carbocycles. The van der Waals surface area contributed by atoms with Crippen molar-refractivity contribution in [1.29, 1.82) is 0 Å². The summed E-state index contributed by atoms with van der Waals surface area (Å²) in [6, 6.07) is 1.97. The lowest BCUT2D eigenvalue weighted by molar-refractivity contribution is 0.272. The zero-order valence-electron chi connectivity index (χ0n) is 7.29. The molecule has 0 aliphatic rings. The molecule has 6 heteroatoms. The molecule has 0 atom stereocenters. The second-order valence-corrected chi connectivity index (χ2v) is 4.77. The van der Waals surface area contributed by atoms with Gasteiger partial charge in [0.15, 0.2) is 21.5 Å². The maximum Gasteiger partial charge on any atom is 0.178 e. The average Bonchev–Trinajstić information content (AvgIpc) is 2.07. The number of aliphatic hydroxyl groups excluding tert-OH is 1. The predicted molar refractivity (Wildman–Crippen MR) is 45.4 cm³/mol. The lowest BCUT2D eigenvalue weighted by atomic mass is 10.2. The van der Waals surface area contributed by atoms with Gasteiger partial charge >= 0.3 is 0 Å². The van der Waals surface area contributed by atoms with Gasteiger partial charge in [-0.05, 0) is 6.07 Å². The molecule has 0 amide bonds. The van der Waals surface area contributed by atoms with E-state index in [2.05, 4.69) is 0 Å². The van der Waals surface area contributed by atoms with Crippen molar-refractivity contribution in [1.82, 2.24) is 0 Å². The molecule has 0 bridgehead atoms. The lowest BCUT2D eigenvalue weighted by Crippen LogP contribution is -2.05. The van der Waals surface area contributed by atoms with Gasteiger partial charge in [0.2, 0.25) is 0 Å².